The Morgan fingerprint density at radius 1 is 1.42 bits per heavy atom. The Labute approximate surface area is 118 Å². The molecule has 2 aromatic heterocycles. The molecule has 2 aliphatic carbocycles. The number of hydrogen-bond acceptors (Lipinski definition) is 2. The summed E-state index contributed by atoms with van der Waals surface area (Å²) in [7, 11) is 0. The van der Waals surface area contributed by atoms with E-state index in [1.807, 2.05) is 12.3 Å². The Morgan fingerprint density at radius 3 is 3.05 bits per heavy atom. The quantitative estimate of drug-likeness (QED) is 0.836. The van der Waals surface area contributed by atoms with Gasteiger partial charge in [-0.25, -0.2) is 4.98 Å². The lowest BCUT2D eigenvalue weighted by Gasteiger charge is -2.28. The number of nitrogens with zero attached hydrogens (tertiary/aromatic N) is 2. The highest BCUT2D eigenvalue weighted by Gasteiger charge is 2.42. The molecule has 4 heteroatoms. The van der Waals surface area contributed by atoms with Crippen molar-refractivity contribution in [1.29, 1.82) is 0 Å². The van der Waals surface area contributed by atoms with Gasteiger partial charge < -0.3 is 4.98 Å². The number of imidazole rings is 1. The van der Waals surface area contributed by atoms with Crippen molar-refractivity contribution in [3.63, 3.8) is 0 Å². The molecule has 2 fully saturated rings. The van der Waals surface area contributed by atoms with Gasteiger partial charge in [0.2, 0.25) is 0 Å². The van der Waals surface area contributed by atoms with Crippen molar-refractivity contribution in [3.05, 3.63) is 23.1 Å². The molecule has 0 aromatic carbocycles. The monoisotopic (exact) mass is 273 g/mol. The van der Waals surface area contributed by atoms with Crippen LogP contribution in [0.5, 0.6) is 0 Å². The first-order chi connectivity index (χ1) is 9.24. The fraction of sp³-hybridized carbons (Fsp3) is 0.600. The van der Waals surface area contributed by atoms with Crippen LogP contribution in [0.15, 0.2) is 18.3 Å². The van der Waals surface area contributed by atoms with Crippen LogP contribution in [-0.2, 0) is 0 Å². The third-order valence-corrected chi connectivity index (χ3v) is 5.59. The predicted molar refractivity (Wildman–Crippen MR) is 78.6 cm³/mol. The molecule has 2 bridgehead atoms. The van der Waals surface area contributed by atoms with E-state index < -0.39 is 0 Å². The Hall–Kier alpha value is -1.16. The van der Waals surface area contributed by atoms with Crippen LogP contribution < -0.4 is 0 Å². The molecule has 4 unspecified atom stereocenters. The zero-order chi connectivity index (χ0) is 13.0. The molecule has 0 spiro atoms. The van der Waals surface area contributed by atoms with Crippen LogP contribution in [-0.4, -0.2) is 14.5 Å². The maximum Gasteiger partial charge on any atom is 0.179 e. The van der Waals surface area contributed by atoms with Crippen molar-refractivity contribution in [1.82, 2.24) is 14.5 Å². The van der Waals surface area contributed by atoms with Gasteiger partial charge in [0, 0.05) is 12.2 Å². The maximum absolute atomic E-state index is 5.52. The van der Waals surface area contributed by atoms with Gasteiger partial charge in [-0.3, -0.25) is 4.57 Å². The smallest absolute Gasteiger partial charge is 0.179 e. The zero-order valence-corrected chi connectivity index (χ0v) is 12.0. The van der Waals surface area contributed by atoms with E-state index in [0.29, 0.717) is 6.04 Å². The lowest BCUT2D eigenvalue weighted by atomic mass is 9.84. The van der Waals surface area contributed by atoms with Crippen LogP contribution in [0.4, 0.5) is 0 Å². The van der Waals surface area contributed by atoms with E-state index in [1.54, 1.807) is 0 Å². The molecule has 2 aromatic rings. The summed E-state index contributed by atoms with van der Waals surface area (Å²) in [6.45, 7) is 2.32. The van der Waals surface area contributed by atoms with E-state index in [4.69, 9.17) is 12.2 Å². The molecule has 19 heavy (non-hydrogen) atoms. The fourth-order valence-corrected chi connectivity index (χ4v) is 4.77. The second-order valence-corrected chi connectivity index (χ2v) is 6.64. The van der Waals surface area contributed by atoms with Crippen LogP contribution in [0.3, 0.4) is 0 Å². The molecule has 0 saturated heterocycles. The number of hydrogen-bond donors (Lipinski definition) is 1. The molecule has 4 atom stereocenters. The average molecular weight is 273 g/mol. The normalized spacial score (nSPS) is 31.1. The van der Waals surface area contributed by atoms with Gasteiger partial charge in [0.05, 0.1) is 5.52 Å². The molecule has 2 heterocycles. The van der Waals surface area contributed by atoms with Gasteiger partial charge in [0.15, 0.2) is 10.4 Å². The number of fused-ring (bicyclic) bond motifs is 3. The molecule has 0 aliphatic heterocycles. The highest BCUT2D eigenvalue weighted by Crippen LogP contribution is 2.52. The molecule has 100 valence electrons. The third-order valence-electron chi connectivity index (χ3n) is 5.29. The molecule has 0 amide bonds. The average Bonchev–Trinajstić information content (AvgIpc) is 3.10. The van der Waals surface area contributed by atoms with Crippen LogP contribution in [0, 0.1) is 22.5 Å². The highest BCUT2D eigenvalue weighted by molar-refractivity contribution is 7.71. The summed E-state index contributed by atoms with van der Waals surface area (Å²) in [6, 6.07) is 4.48. The Kier molecular flexibility index (Phi) is 2.56. The number of nitrogens with one attached hydrogen (secondary N) is 1. The summed E-state index contributed by atoms with van der Waals surface area (Å²) in [5, 5.41) is 0. The van der Waals surface area contributed by atoms with Crippen molar-refractivity contribution < 1.29 is 0 Å². The molecule has 0 radical (unpaired) electrons. The first-order valence-corrected chi connectivity index (χ1v) is 7.70. The molecule has 4 rings (SSSR count). The maximum atomic E-state index is 5.52. The largest absolute Gasteiger partial charge is 0.329 e. The van der Waals surface area contributed by atoms with Crippen molar-refractivity contribution in [2.75, 3.05) is 0 Å². The highest BCUT2D eigenvalue weighted by atomic mass is 32.1. The summed E-state index contributed by atoms with van der Waals surface area (Å²) < 4.78 is 3.07. The first-order valence-electron chi connectivity index (χ1n) is 7.29. The van der Waals surface area contributed by atoms with Gasteiger partial charge >= 0.3 is 0 Å². The van der Waals surface area contributed by atoms with Crippen LogP contribution in [0.1, 0.15) is 38.6 Å². The molecule has 2 saturated carbocycles. The standard InChI is InChI=1S/C15H19N3S/c1-9(12-8-10-4-5-11(12)7-10)18-14-13(17-15(18)19)3-2-6-16-14/h2-3,6,9-12H,4-5,7-8H2,1H3,(H,17,19). The third kappa shape index (κ3) is 1.69. The van der Waals surface area contributed by atoms with E-state index in [2.05, 4.69) is 27.5 Å². The minimum atomic E-state index is 0.464. The van der Waals surface area contributed by atoms with Gasteiger partial charge in [-0.05, 0) is 68.3 Å². The van der Waals surface area contributed by atoms with Gasteiger partial charge in [-0.15, -0.1) is 0 Å². The van der Waals surface area contributed by atoms with Crippen molar-refractivity contribution in [2.24, 2.45) is 17.8 Å². The van der Waals surface area contributed by atoms with Crippen molar-refractivity contribution in [3.8, 4) is 0 Å². The van der Waals surface area contributed by atoms with Gasteiger partial charge in [-0.2, -0.15) is 0 Å². The van der Waals surface area contributed by atoms with Gasteiger partial charge in [-0.1, -0.05) is 6.42 Å². The van der Waals surface area contributed by atoms with E-state index in [0.717, 1.165) is 33.7 Å². The van der Waals surface area contributed by atoms with Crippen molar-refractivity contribution in [2.45, 2.75) is 38.6 Å². The number of rotatable bonds is 2. The van der Waals surface area contributed by atoms with E-state index in [9.17, 15) is 0 Å². The summed E-state index contributed by atoms with van der Waals surface area (Å²) in [5.74, 6) is 2.67. The topological polar surface area (TPSA) is 33.6 Å². The Morgan fingerprint density at radius 2 is 2.32 bits per heavy atom. The number of pyridine rings is 1. The number of H-pyrrole nitrogens is 1. The summed E-state index contributed by atoms with van der Waals surface area (Å²) >= 11 is 5.52. The SMILES string of the molecule is CC(C1CC2CCC1C2)n1c(=S)[nH]c2cccnc21. The number of aromatic nitrogens is 3. The predicted octanol–water partition coefficient (Wildman–Crippen LogP) is 4.09. The van der Waals surface area contributed by atoms with E-state index in [1.165, 1.54) is 25.7 Å². The summed E-state index contributed by atoms with van der Waals surface area (Å²) in [6.07, 6.45) is 7.55. The second kappa shape index (κ2) is 4.17. The van der Waals surface area contributed by atoms with E-state index in [-0.39, 0.29) is 0 Å². The zero-order valence-electron chi connectivity index (χ0n) is 11.2. The van der Waals surface area contributed by atoms with Gasteiger partial charge in [0.1, 0.15) is 0 Å². The van der Waals surface area contributed by atoms with E-state index >= 15 is 0 Å². The first kappa shape index (κ1) is 11.6. The lowest BCUT2D eigenvalue weighted by molar-refractivity contribution is 0.244. The molecular weight excluding hydrogens is 254 g/mol. The minimum absolute atomic E-state index is 0.464. The molecular formula is C15H19N3S. The summed E-state index contributed by atoms with van der Waals surface area (Å²) in [4.78, 5) is 7.81. The van der Waals surface area contributed by atoms with Crippen molar-refractivity contribution >= 4 is 23.4 Å². The van der Waals surface area contributed by atoms with Crippen LogP contribution in [0.25, 0.3) is 11.2 Å². The Balaban J connectivity index is 1.78. The molecule has 1 N–H and O–H groups in total. The number of aromatic amines is 1. The Bertz CT molecular complexity index is 671. The fourth-order valence-electron chi connectivity index (χ4n) is 4.41. The van der Waals surface area contributed by atoms with Crippen LogP contribution >= 0.6 is 12.2 Å². The molecule has 2 aliphatic rings. The minimum Gasteiger partial charge on any atom is -0.329 e. The van der Waals surface area contributed by atoms with Gasteiger partial charge in [0.25, 0.3) is 0 Å². The summed E-state index contributed by atoms with van der Waals surface area (Å²) in [5.41, 5.74) is 2.07. The lowest BCUT2D eigenvalue weighted by Crippen LogP contribution is -2.22. The molecule has 3 nitrogen and oxygen atoms in total. The van der Waals surface area contributed by atoms with Crippen LogP contribution in [0.2, 0.25) is 0 Å². The second-order valence-electron chi connectivity index (χ2n) is 6.25.